The van der Waals surface area contributed by atoms with Crippen LogP contribution >= 0.6 is 11.6 Å². The van der Waals surface area contributed by atoms with Crippen LogP contribution in [0, 0.1) is 13.8 Å². The molecule has 0 spiro atoms. The van der Waals surface area contributed by atoms with Gasteiger partial charge in [0, 0.05) is 58.1 Å². The lowest BCUT2D eigenvalue weighted by atomic mass is 10.1. The van der Waals surface area contributed by atoms with Crippen molar-refractivity contribution in [2.45, 2.75) is 20.4 Å². The van der Waals surface area contributed by atoms with E-state index < -0.39 is 0 Å². The van der Waals surface area contributed by atoms with Gasteiger partial charge in [0.05, 0.1) is 5.69 Å². The van der Waals surface area contributed by atoms with Gasteiger partial charge < -0.3 is 10.2 Å². The van der Waals surface area contributed by atoms with Gasteiger partial charge >= 0.3 is 0 Å². The van der Waals surface area contributed by atoms with Crippen molar-refractivity contribution < 1.29 is 0 Å². The quantitative estimate of drug-likeness (QED) is 0.850. The minimum atomic E-state index is 0.464. The van der Waals surface area contributed by atoms with E-state index in [9.17, 15) is 0 Å². The van der Waals surface area contributed by atoms with Gasteiger partial charge in [-0.1, -0.05) is 11.6 Å². The fourth-order valence-corrected chi connectivity index (χ4v) is 3.42. The van der Waals surface area contributed by atoms with Crippen molar-refractivity contribution in [1.82, 2.24) is 24.6 Å². The Hall–Kier alpha value is -1.86. The SMILES string of the molecule is CNc1c(Cl)ncnc1N1CCN(Cc2c(C)nn(C)c2C)CC1. The van der Waals surface area contributed by atoms with Gasteiger partial charge in [0.15, 0.2) is 11.0 Å². The minimum absolute atomic E-state index is 0.464. The summed E-state index contributed by atoms with van der Waals surface area (Å²) < 4.78 is 1.96. The molecule has 1 fully saturated rings. The maximum absolute atomic E-state index is 6.16. The molecule has 0 aliphatic carbocycles. The fourth-order valence-electron chi connectivity index (χ4n) is 3.20. The second kappa shape index (κ2) is 6.94. The van der Waals surface area contributed by atoms with Crippen LogP contribution in [0.3, 0.4) is 0 Å². The van der Waals surface area contributed by atoms with Crippen LogP contribution < -0.4 is 10.2 Å². The topological polar surface area (TPSA) is 62.1 Å². The smallest absolute Gasteiger partial charge is 0.157 e. The maximum atomic E-state index is 6.16. The highest BCUT2D eigenvalue weighted by Crippen LogP contribution is 2.29. The van der Waals surface area contributed by atoms with Crippen LogP contribution in [0.1, 0.15) is 17.0 Å². The molecular weight excluding hydrogens is 326 g/mol. The van der Waals surface area contributed by atoms with E-state index in [1.54, 1.807) is 0 Å². The number of aryl methyl sites for hydroxylation is 2. The van der Waals surface area contributed by atoms with Crippen LogP contribution in [0.5, 0.6) is 0 Å². The second-order valence-electron chi connectivity index (χ2n) is 6.15. The molecule has 1 saturated heterocycles. The van der Waals surface area contributed by atoms with Gasteiger partial charge in [0.1, 0.15) is 12.0 Å². The van der Waals surface area contributed by atoms with Gasteiger partial charge in [0.25, 0.3) is 0 Å². The Kier molecular flexibility index (Phi) is 4.91. The Bertz CT molecular complexity index is 719. The summed E-state index contributed by atoms with van der Waals surface area (Å²) in [6, 6.07) is 0. The average Bonchev–Trinajstić information content (AvgIpc) is 2.81. The summed E-state index contributed by atoms with van der Waals surface area (Å²) >= 11 is 6.16. The summed E-state index contributed by atoms with van der Waals surface area (Å²) in [6.07, 6.45) is 1.52. The molecule has 8 heteroatoms. The van der Waals surface area contributed by atoms with E-state index in [1.165, 1.54) is 17.6 Å². The van der Waals surface area contributed by atoms with Gasteiger partial charge in [-0.3, -0.25) is 9.58 Å². The van der Waals surface area contributed by atoms with Crippen molar-refractivity contribution in [3.63, 3.8) is 0 Å². The Morgan fingerprint density at radius 3 is 2.46 bits per heavy atom. The highest BCUT2D eigenvalue weighted by molar-refractivity contribution is 6.32. The summed E-state index contributed by atoms with van der Waals surface area (Å²) in [5.74, 6) is 0.880. The number of anilines is 2. The van der Waals surface area contributed by atoms with Crippen molar-refractivity contribution in [2.75, 3.05) is 43.4 Å². The molecule has 0 atom stereocenters. The van der Waals surface area contributed by atoms with E-state index in [-0.39, 0.29) is 0 Å². The number of aromatic nitrogens is 4. The Morgan fingerprint density at radius 2 is 1.88 bits per heavy atom. The first-order chi connectivity index (χ1) is 11.5. The Balaban J connectivity index is 1.67. The number of hydrogen-bond acceptors (Lipinski definition) is 6. The van der Waals surface area contributed by atoms with Crippen molar-refractivity contribution >= 4 is 23.1 Å². The van der Waals surface area contributed by atoms with Gasteiger partial charge in [-0.05, 0) is 13.8 Å². The zero-order chi connectivity index (χ0) is 17.3. The first kappa shape index (κ1) is 17.0. The summed E-state index contributed by atoms with van der Waals surface area (Å²) in [5, 5.41) is 8.08. The predicted molar refractivity (Wildman–Crippen MR) is 96.8 cm³/mol. The number of nitrogens with zero attached hydrogens (tertiary/aromatic N) is 6. The van der Waals surface area contributed by atoms with Crippen molar-refractivity contribution in [3.05, 3.63) is 28.4 Å². The molecule has 1 aliphatic heterocycles. The van der Waals surface area contributed by atoms with Crippen molar-refractivity contribution in [1.29, 1.82) is 0 Å². The second-order valence-corrected chi connectivity index (χ2v) is 6.51. The molecule has 1 N–H and O–H groups in total. The van der Waals surface area contributed by atoms with Gasteiger partial charge in [0.2, 0.25) is 0 Å². The first-order valence-corrected chi connectivity index (χ1v) is 8.53. The number of piperazine rings is 1. The van der Waals surface area contributed by atoms with E-state index >= 15 is 0 Å². The van der Waals surface area contributed by atoms with E-state index in [0.717, 1.165) is 49.9 Å². The van der Waals surface area contributed by atoms with Crippen LogP contribution in [0.15, 0.2) is 6.33 Å². The van der Waals surface area contributed by atoms with Crippen LogP contribution in [-0.2, 0) is 13.6 Å². The molecule has 3 rings (SSSR count). The fraction of sp³-hybridized carbons (Fsp3) is 0.562. The lowest BCUT2D eigenvalue weighted by Crippen LogP contribution is -2.46. The lowest BCUT2D eigenvalue weighted by Gasteiger charge is -2.36. The zero-order valence-electron chi connectivity index (χ0n) is 14.7. The molecule has 2 aromatic rings. The first-order valence-electron chi connectivity index (χ1n) is 8.16. The van der Waals surface area contributed by atoms with Crippen LogP contribution in [0.4, 0.5) is 11.5 Å². The largest absolute Gasteiger partial charge is 0.383 e. The third-order valence-corrected chi connectivity index (χ3v) is 5.03. The zero-order valence-corrected chi connectivity index (χ0v) is 15.4. The molecule has 24 heavy (non-hydrogen) atoms. The Morgan fingerprint density at radius 1 is 1.17 bits per heavy atom. The third kappa shape index (κ3) is 3.18. The normalized spacial score (nSPS) is 15.8. The highest BCUT2D eigenvalue weighted by Gasteiger charge is 2.23. The predicted octanol–water partition coefficient (Wildman–Crippen LogP) is 1.84. The number of hydrogen-bond donors (Lipinski definition) is 1. The highest BCUT2D eigenvalue weighted by atomic mass is 35.5. The molecule has 0 aromatic carbocycles. The van der Waals surface area contributed by atoms with E-state index in [0.29, 0.717) is 5.15 Å². The molecule has 0 amide bonds. The monoisotopic (exact) mass is 349 g/mol. The molecule has 0 bridgehead atoms. The molecule has 2 aromatic heterocycles. The number of rotatable bonds is 4. The minimum Gasteiger partial charge on any atom is -0.383 e. The molecule has 3 heterocycles. The molecular formula is C16H24ClN7. The van der Waals surface area contributed by atoms with E-state index in [4.69, 9.17) is 11.6 Å². The summed E-state index contributed by atoms with van der Waals surface area (Å²) in [6.45, 7) is 8.97. The van der Waals surface area contributed by atoms with Crippen molar-refractivity contribution in [3.8, 4) is 0 Å². The lowest BCUT2D eigenvalue weighted by molar-refractivity contribution is 0.248. The molecule has 0 unspecified atom stereocenters. The number of nitrogens with one attached hydrogen (secondary N) is 1. The van der Waals surface area contributed by atoms with E-state index in [1.807, 2.05) is 18.8 Å². The number of halogens is 1. The third-order valence-electron chi connectivity index (χ3n) is 4.74. The van der Waals surface area contributed by atoms with Gasteiger partial charge in [-0.2, -0.15) is 5.10 Å². The standard InChI is InChI=1S/C16H24ClN7/c1-11-13(12(2)22(4)21-11)9-23-5-7-24(8-6-23)16-14(18-3)15(17)19-10-20-16/h10,18H,5-9H2,1-4H3. The van der Waals surface area contributed by atoms with Crippen LogP contribution in [-0.4, -0.2) is 57.9 Å². The van der Waals surface area contributed by atoms with Crippen molar-refractivity contribution in [2.24, 2.45) is 7.05 Å². The van der Waals surface area contributed by atoms with Gasteiger partial charge in [-0.25, -0.2) is 9.97 Å². The summed E-state index contributed by atoms with van der Waals surface area (Å²) in [4.78, 5) is 13.2. The summed E-state index contributed by atoms with van der Waals surface area (Å²) in [7, 11) is 3.85. The average molecular weight is 350 g/mol. The van der Waals surface area contributed by atoms with Gasteiger partial charge in [-0.15, -0.1) is 0 Å². The molecule has 0 saturated carbocycles. The maximum Gasteiger partial charge on any atom is 0.157 e. The summed E-state index contributed by atoms with van der Waals surface area (Å²) in [5.41, 5.74) is 4.51. The molecule has 1 aliphatic rings. The van der Waals surface area contributed by atoms with E-state index in [2.05, 4.69) is 44.0 Å². The van der Waals surface area contributed by atoms with Crippen LogP contribution in [0.2, 0.25) is 5.15 Å². The molecule has 0 radical (unpaired) electrons. The molecule has 130 valence electrons. The Labute approximate surface area is 147 Å². The van der Waals surface area contributed by atoms with Crippen LogP contribution in [0.25, 0.3) is 0 Å². The molecule has 7 nitrogen and oxygen atoms in total.